The van der Waals surface area contributed by atoms with E-state index in [-0.39, 0.29) is 57.2 Å². The zero-order valence-corrected chi connectivity index (χ0v) is 9.59. The Labute approximate surface area is 104 Å². The van der Waals surface area contributed by atoms with Gasteiger partial charge in [-0.15, -0.1) is 0 Å². The summed E-state index contributed by atoms with van der Waals surface area (Å²) in [4.78, 5) is 0. The van der Waals surface area contributed by atoms with Crippen LogP contribution in [0.15, 0.2) is 12.7 Å². The number of hydrogen-bond acceptors (Lipinski definition) is 2. The minimum absolute atomic E-state index is 0. The molecule has 0 aromatic rings. The fraction of sp³-hybridized carbons (Fsp3) is 0.250. The van der Waals surface area contributed by atoms with Crippen LogP contribution in [0.3, 0.4) is 0 Å². The van der Waals surface area contributed by atoms with Gasteiger partial charge in [-0.2, -0.15) is 0 Å². The van der Waals surface area contributed by atoms with Crippen molar-refractivity contribution in [2.45, 2.75) is 0 Å². The van der Waals surface area contributed by atoms with Gasteiger partial charge in [-0.05, 0) is 12.2 Å². The van der Waals surface area contributed by atoms with Gasteiger partial charge in [0.2, 0.25) is 4.38 Å². The molecule has 0 radical (unpaired) electrons. The van der Waals surface area contributed by atoms with E-state index < -0.39 is 0 Å². The molecule has 0 aromatic carbocycles. The third-order valence-electron chi connectivity index (χ3n) is 0.325. The molecule has 1 nitrogen and oxygen atoms in total. The summed E-state index contributed by atoms with van der Waals surface area (Å²) in [6.45, 7) is 3.86. The Kier molecular flexibility index (Phi) is 13.3. The van der Waals surface area contributed by atoms with E-state index in [0.29, 0.717) is 6.61 Å². The van der Waals surface area contributed by atoms with E-state index in [1.54, 1.807) is 6.08 Å². The first kappa shape index (κ1) is 12.3. The molecule has 0 amide bonds. The maximum absolute atomic E-state index is 4.67. The van der Waals surface area contributed by atoms with Gasteiger partial charge in [-0.3, -0.25) is 0 Å². The molecule has 0 aliphatic carbocycles. The topological polar surface area (TPSA) is 9.23 Å². The van der Waals surface area contributed by atoms with Crippen LogP contribution in [0.1, 0.15) is 1.43 Å². The average Bonchev–Trinajstić information content (AvgIpc) is 1.61. The van der Waals surface area contributed by atoms with Crippen LogP contribution in [0, 0.1) is 0 Å². The zero-order chi connectivity index (χ0) is 5.70. The molecule has 0 saturated heterocycles. The van der Waals surface area contributed by atoms with Gasteiger partial charge < -0.3 is 6.16 Å². The molecule has 0 rings (SSSR count). The van der Waals surface area contributed by atoms with Crippen molar-refractivity contribution >= 4 is 29.2 Å². The standard InChI is InChI=1S/C4H6OS2.K.H/c1-2-3-5-4(6)7;;/h2H,1,3H2,(H,6,7);;/q;+1;-1. The van der Waals surface area contributed by atoms with Gasteiger partial charge in [0.1, 0.15) is 6.61 Å². The summed E-state index contributed by atoms with van der Waals surface area (Å²) < 4.78 is 4.93. The van der Waals surface area contributed by atoms with Crippen molar-refractivity contribution in [3.05, 3.63) is 12.7 Å². The maximum atomic E-state index is 4.67. The molecule has 0 aromatic heterocycles. The maximum Gasteiger partial charge on any atom is 1.00 e. The summed E-state index contributed by atoms with van der Waals surface area (Å²) in [7, 11) is 0. The molecule has 0 N–H and O–H groups in total. The first-order valence-corrected chi connectivity index (χ1v) is 2.59. The predicted octanol–water partition coefficient (Wildman–Crippen LogP) is -1.48. The monoisotopic (exact) mass is 174 g/mol. The second-order valence-corrected chi connectivity index (χ2v) is 1.95. The number of thiocarbonyl (C=S) groups is 1. The van der Waals surface area contributed by atoms with E-state index in [0.717, 1.165) is 0 Å². The fourth-order valence-electron chi connectivity index (χ4n) is 0.130. The number of thiol groups is 1. The number of ether oxygens (including phenoxy) is 1. The van der Waals surface area contributed by atoms with Crippen LogP contribution in [-0.2, 0) is 4.74 Å². The fourth-order valence-corrected chi connectivity index (χ4v) is 0.273. The van der Waals surface area contributed by atoms with Crippen molar-refractivity contribution in [1.29, 1.82) is 0 Å². The van der Waals surface area contributed by atoms with Crippen LogP contribution in [-0.4, -0.2) is 11.0 Å². The van der Waals surface area contributed by atoms with E-state index in [9.17, 15) is 0 Å². The van der Waals surface area contributed by atoms with Gasteiger partial charge in [-0.25, -0.2) is 0 Å². The second kappa shape index (κ2) is 8.62. The Morgan fingerprint density at radius 3 is 2.62 bits per heavy atom. The summed E-state index contributed by atoms with van der Waals surface area (Å²) in [6, 6.07) is 0. The summed E-state index contributed by atoms with van der Waals surface area (Å²) in [5, 5.41) is 0. The molecule has 4 heteroatoms. The molecule has 0 heterocycles. The van der Waals surface area contributed by atoms with Gasteiger partial charge >= 0.3 is 51.4 Å². The quantitative estimate of drug-likeness (QED) is 0.237. The van der Waals surface area contributed by atoms with Crippen molar-refractivity contribution in [1.82, 2.24) is 0 Å². The second-order valence-electron chi connectivity index (χ2n) is 0.866. The Hall–Kier alpha value is 1.62. The van der Waals surface area contributed by atoms with E-state index >= 15 is 0 Å². The van der Waals surface area contributed by atoms with Crippen molar-refractivity contribution in [2.75, 3.05) is 6.61 Å². The third-order valence-corrected chi connectivity index (χ3v) is 0.572. The van der Waals surface area contributed by atoms with Gasteiger partial charge in [0.05, 0.1) is 0 Å². The summed E-state index contributed by atoms with van der Waals surface area (Å²) in [5.74, 6) is 0. The molecular formula is C4H7KOS2. The SMILES string of the molecule is C=CCOC(=S)S.[H-].[K+]. The van der Waals surface area contributed by atoms with Gasteiger partial charge in [0, 0.05) is 0 Å². The largest absolute Gasteiger partial charge is 1.00 e. The molecule has 0 aliphatic rings. The molecule has 0 fully saturated rings. The molecule has 8 heavy (non-hydrogen) atoms. The molecule has 0 saturated carbocycles. The van der Waals surface area contributed by atoms with Crippen LogP contribution in [0.2, 0.25) is 0 Å². The van der Waals surface area contributed by atoms with Crippen molar-refractivity contribution in [2.24, 2.45) is 0 Å². The summed E-state index contributed by atoms with van der Waals surface area (Å²) in [5.41, 5.74) is 0. The van der Waals surface area contributed by atoms with Gasteiger partial charge in [0.25, 0.3) is 0 Å². The molecule has 0 bridgehead atoms. The Bertz CT molecular complexity index is 88.6. The number of rotatable bonds is 2. The third kappa shape index (κ3) is 10.6. The van der Waals surface area contributed by atoms with E-state index in [4.69, 9.17) is 0 Å². The minimum Gasteiger partial charge on any atom is -1.00 e. The van der Waals surface area contributed by atoms with Crippen LogP contribution >= 0.6 is 24.8 Å². The van der Waals surface area contributed by atoms with E-state index in [1.165, 1.54) is 0 Å². The van der Waals surface area contributed by atoms with Crippen LogP contribution in [0.4, 0.5) is 0 Å². The van der Waals surface area contributed by atoms with Crippen LogP contribution in [0.25, 0.3) is 0 Å². The number of hydrogen-bond donors (Lipinski definition) is 1. The molecular weight excluding hydrogens is 167 g/mol. The molecule has 0 unspecified atom stereocenters. The average molecular weight is 174 g/mol. The normalized spacial score (nSPS) is 6.62. The predicted molar refractivity (Wildman–Crippen MR) is 38.8 cm³/mol. The molecule has 0 atom stereocenters. The Morgan fingerprint density at radius 1 is 2.00 bits per heavy atom. The smallest absolute Gasteiger partial charge is 1.00 e. The Balaban J connectivity index is -0.000000180. The van der Waals surface area contributed by atoms with E-state index in [2.05, 4.69) is 36.2 Å². The first-order valence-electron chi connectivity index (χ1n) is 1.74. The van der Waals surface area contributed by atoms with Crippen LogP contribution in [0.5, 0.6) is 0 Å². The van der Waals surface area contributed by atoms with Gasteiger partial charge in [0.15, 0.2) is 0 Å². The van der Waals surface area contributed by atoms with Crippen molar-refractivity contribution < 1.29 is 57.5 Å². The zero-order valence-electron chi connectivity index (χ0n) is 5.76. The van der Waals surface area contributed by atoms with Gasteiger partial charge in [-0.1, -0.05) is 25.3 Å². The van der Waals surface area contributed by atoms with Crippen molar-refractivity contribution in [3.8, 4) is 0 Å². The molecule has 0 aliphatic heterocycles. The Morgan fingerprint density at radius 2 is 2.50 bits per heavy atom. The van der Waals surface area contributed by atoms with Crippen molar-refractivity contribution in [3.63, 3.8) is 0 Å². The first-order chi connectivity index (χ1) is 3.27. The van der Waals surface area contributed by atoms with E-state index in [1.807, 2.05) is 0 Å². The van der Waals surface area contributed by atoms with Crippen LogP contribution < -0.4 is 51.4 Å². The minimum atomic E-state index is 0. The summed E-state index contributed by atoms with van der Waals surface area (Å²) in [6.07, 6.45) is 1.61. The summed E-state index contributed by atoms with van der Waals surface area (Å²) >= 11 is 8.15. The molecule has 0 spiro atoms. The molecule has 42 valence electrons.